The predicted octanol–water partition coefficient (Wildman–Crippen LogP) is 4.38. The van der Waals surface area contributed by atoms with Crippen LogP contribution in [0.25, 0.3) is 0 Å². The lowest BCUT2D eigenvalue weighted by Crippen LogP contribution is -2.04. The Bertz CT molecular complexity index is 1190. The molecular formula is C22H22N8O4S2. The average molecular weight is 527 g/mol. The molecular weight excluding hydrogens is 504 g/mol. The van der Waals surface area contributed by atoms with E-state index >= 15 is 0 Å². The second-order valence-corrected chi connectivity index (χ2v) is 8.89. The van der Waals surface area contributed by atoms with E-state index in [4.69, 9.17) is 18.9 Å². The molecule has 36 heavy (non-hydrogen) atoms. The van der Waals surface area contributed by atoms with Gasteiger partial charge in [-0.2, -0.15) is 19.9 Å². The molecule has 0 aliphatic carbocycles. The maximum Gasteiger partial charge on any atom is 0.324 e. The lowest BCUT2D eigenvalue weighted by molar-refractivity contribution is 0.341. The molecule has 186 valence electrons. The van der Waals surface area contributed by atoms with E-state index in [-0.39, 0.29) is 24.0 Å². The van der Waals surface area contributed by atoms with Gasteiger partial charge in [0.25, 0.3) is 0 Å². The summed E-state index contributed by atoms with van der Waals surface area (Å²) < 4.78 is 20.5. The maximum absolute atomic E-state index is 5.13. The standard InChI is InChI=1S/C22H22N8O4S2/c1-31-19-25-17(26-20(29-19)32-2)23-13-9-5-7-11-15(13)35-36-16-12-8-6-10-14(16)24-18-27-21(33-3)30-22(28-18)34-4/h5-12H,1-4H3,(H,23,25,26,29)(H,24,27,28,30). The molecule has 14 heteroatoms. The van der Waals surface area contributed by atoms with Crippen molar-refractivity contribution in [3.05, 3.63) is 48.5 Å². The minimum Gasteiger partial charge on any atom is -0.467 e. The molecule has 0 aliphatic heterocycles. The number of nitrogens with zero attached hydrogens (tertiary/aromatic N) is 6. The molecule has 0 fully saturated rings. The zero-order valence-electron chi connectivity index (χ0n) is 19.8. The van der Waals surface area contributed by atoms with Crippen LogP contribution in [0.5, 0.6) is 24.0 Å². The number of hydrogen-bond donors (Lipinski definition) is 2. The van der Waals surface area contributed by atoms with Crippen molar-refractivity contribution in [2.45, 2.75) is 9.79 Å². The molecule has 0 saturated carbocycles. The molecule has 12 nitrogen and oxygen atoms in total. The number of hydrogen-bond acceptors (Lipinski definition) is 14. The van der Waals surface area contributed by atoms with Crippen LogP contribution in [0.1, 0.15) is 0 Å². The number of aromatic nitrogens is 6. The summed E-state index contributed by atoms with van der Waals surface area (Å²) in [7, 11) is 9.03. The molecule has 2 aromatic heterocycles. The van der Waals surface area contributed by atoms with Crippen LogP contribution in [0, 0.1) is 0 Å². The van der Waals surface area contributed by atoms with Gasteiger partial charge in [0.15, 0.2) is 0 Å². The van der Waals surface area contributed by atoms with Crippen molar-refractivity contribution >= 4 is 44.9 Å². The number of para-hydroxylation sites is 2. The Morgan fingerprint density at radius 1 is 0.500 bits per heavy atom. The Morgan fingerprint density at radius 2 is 0.833 bits per heavy atom. The Labute approximate surface area is 215 Å². The lowest BCUT2D eigenvalue weighted by atomic mass is 10.3. The van der Waals surface area contributed by atoms with Gasteiger partial charge in [-0.3, -0.25) is 0 Å². The molecule has 0 saturated heterocycles. The zero-order valence-corrected chi connectivity index (χ0v) is 21.4. The number of benzene rings is 2. The molecule has 0 amide bonds. The third kappa shape index (κ3) is 6.34. The molecule has 0 spiro atoms. The van der Waals surface area contributed by atoms with Crippen LogP contribution in [-0.2, 0) is 0 Å². The molecule has 2 N–H and O–H groups in total. The van der Waals surface area contributed by atoms with Crippen LogP contribution in [0.4, 0.5) is 23.3 Å². The Hall–Kier alpha value is -4.04. The fourth-order valence-electron chi connectivity index (χ4n) is 2.77. The smallest absolute Gasteiger partial charge is 0.324 e. The van der Waals surface area contributed by atoms with E-state index in [1.807, 2.05) is 48.5 Å². The van der Waals surface area contributed by atoms with E-state index in [1.54, 1.807) is 21.6 Å². The van der Waals surface area contributed by atoms with Gasteiger partial charge in [0.1, 0.15) is 0 Å². The fraction of sp³-hybridized carbons (Fsp3) is 0.182. The Morgan fingerprint density at radius 3 is 1.17 bits per heavy atom. The largest absolute Gasteiger partial charge is 0.467 e. The van der Waals surface area contributed by atoms with Crippen LogP contribution in [-0.4, -0.2) is 58.3 Å². The summed E-state index contributed by atoms with van der Waals surface area (Å²) >= 11 is 0. The Kier molecular flexibility index (Phi) is 8.41. The van der Waals surface area contributed by atoms with Crippen molar-refractivity contribution in [3.8, 4) is 24.0 Å². The topological polar surface area (TPSA) is 138 Å². The van der Waals surface area contributed by atoms with E-state index in [1.165, 1.54) is 28.4 Å². The molecule has 0 bridgehead atoms. The van der Waals surface area contributed by atoms with Crippen molar-refractivity contribution in [2.24, 2.45) is 0 Å². The van der Waals surface area contributed by atoms with Gasteiger partial charge in [0.05, 0.1) is 39.8 Å². The highest BCUT2D eigenvalue weighted by Crippen LogP contribution is 2.44. The minimum atomic E-state index is 0.149. The molecule has 4 aromatic rings. The first-order chi connectivity index (χ1) is 17.6. The van der Waals surface area contributed by atoms with E-state index in [9.17, 15) is 0 Å². The zero-order chi connectivity index (χ0) is 25.3. The van der Waals surface area contributed by atoms with Crippen molar-refractivity contribution in [3.63, 3.8) is 0 Å². The third-order valence-corrected chi connectivity index (χ3v) is 6.89. The van der Waals surface area contributed by atoms with Crippen LogP contribution in [0.15, 0.2) is 58.3 Å². The van der Waals surface area contributed by atoms with Gasteiger partial charge < -0.3 is 29.6 Å². The number of anilines is 4. The van der Waals surface area contributed by atoms with Crippen molar-refractivity contribution < 1.29 is 18.9 Å². The molecule has 0 atom stereocenters. The summed E-state index contributed by atoms with van der Waals surface area (Å²) in [4.78, 5) is 26.9. The van der Waals surface area contributed by atoms with Gasteiger partial charge in [-0.1, -0.05) is 45.9 Å². The van der Waals surface area contributed by atoms with Crippen molar-refractivity contribution in [1.82, 2.24) is 29.9 Å². The van der Waals surface area contributed by atoms with E-state index < -0.39 is 0 Å². The average Bonchev–Trinajstić information content (AvgIpc) is 2.92. The molecule has 4 rings (SSSR count). The first-order valence-corrected chi connectivity index (χ1v) is 12.5. The number of nitrogens with one attached hydrogen (secondary N) is 2. The molecule has 2 aromatic carbocycles. The molecule has 2 heterocycles. The van der Waals surface area contributed by atoms with Crippen molar-refractivity contribution in [2.75, 3.05) is 39.1 Å². The summed E-state index contributed by atoms with van der Waals surface area (Å²) in [6, 6.07) is 16.2. The normalized spacial score (nSPS) is 10.4. The monoisotopic (exact) mass is 526 g/mol. The second-order valence-electron chi connectivity index (χ2n) is 6.67. The maximum atomic E-state index is 5.13. The number of methoxy groups -OCH3 is 4. The summed E-state index contributed by atoms with van der Waals surface area (Å²) in [5.41, 5.74) is 1.62. The molecule has 0 unspecified atom stereocenters. The lowest BCUT2D eigenvalue weighted by Gasteiger charge is -2.13. The highest BCUT2D eigenvalue weighted by molar-refractivity contribution is 8.76. The van der Waals surface area contributed by atoms with Gasteiger partial charge >= 0.3 is 24.0 Å². The van der Waals surface area contributed by atoms with Crippen molar-refractivity contribution in [1.29, 1.82) is 0 Å². The van der Waals surface area contributed by atoms with Crippen LogP contribution in [0.2, 0.25) is 0 Å². The van der Waals surface area contributed by atoms with E-state index in [0.29, 0.717) is 11.9 Å². The third-order valence-electron chi connectivity index (χ3n) is 4.41. The second kappa shape index (κ2) is 12.1. The van der Waals surface area contributed by atoms with Gasteiger partial charge in [-0.15, -0.1) is 9.97 Å². The molecule has 0 aliphatic rings. The molecule has 0 radical (unpaired) electrons. The van der Waals surface area contributed by atoms with Crippen LogP contribution < -0.4 is 29.6 Å². The van der Waals surface area contributed by atoms with E-state index in [2.05, 4.69) is 40.5 Å². The Balaban J connectivity index is 1.53. The van der Waals surface area contributed by atoms with Crippen LogP contribution >= 0.6 is 21.6 Å². The highest BCUT2D eigenvalue weighted by Gasteiger charge is 2.13. The summed E-state index contributed by atoms with van der Waals surface area (Å²) in [6.45, 7) is 0. The summed E-state index contributed by atoms with van der Waals surface area (Å²) in [6.07, 6.45) is 0. The first kappa shape index (κ1) is 25.1. The van der Waals surface area contributed by atoms with Gasteiger partial charge in [0, 0.05) is 9.79 Å². The number of rotatable bonds is 11. The summed E-state index contributed by atoms with van der Waals surface area (Å²) in [5, 5.41) is 6.42. The predicted molar refractivity (Wildman–Crippen MR) is 137 cm³/mol. The minimum absolute atomic E-state index is 0.149. The SMILES string of the molecule is COc1nc(Nc2ccccc2SSc2ccccc2Nc2nc(OC)nc(OC)n2)nc(OC)n1. The highest BCUT2D eigenvalue weighted by atomic mass is 33.1. The number of ether oxygens (including phenoxy) is 4. The van der Waals surface area contributed by atoms with Gasteiger partial charge in [-0.05, 0) is 24.3 Å². The summed E-state index contributed by atoms with van der Waals surface area (Å²) in [5.74, 6) is 0.605. The quantitative estimate of drug-likeness (QED) is 0.267. The van der Waals surface area contributed by atoms with Crippen LogP contribution in [0.3, 0.4) is 0 Å². The first-order valence-electron chi connectivity index (χ1n) is 10.4. The fourth-order valence-corrected chi connectivity index (χ4v) is 5.05. The van der Waals surface area contributed by atoms with Gasteiger partial charge in [-0.25, -0.2) is 0 Å². The van der Waals surface area contributed by atoms with Gasteiger partial charge in [0.2, 0.25) is 11.9 Å². The van der Waals surface area contributed by atoms with E-state index in [0.717, 1.165) is 21.2 Å².